The number of hydrogen-bond acceptors (Lipinski definition) is 7. The van der Waals surface area contributed by atoms with Gasteiger partial charge in [0, 0.05) is 38.0 Å². The molecule has 1 saturated heterocycles. The highest BCUT2D eigenvalue weighted by molar-refractivity contribution is 6.00. The Hall–Kier alpha value is -4.97. The van der Waals surface area contributed by atoms with Gasteiger partial charge >= 0.3 is 0 Å². The van der Waals surface area contributed by atoms with E-state index in [1.165, 1.54) is 24.3 Å². The second-order valence-corrected chi connectivity index (χ2v) is 13.3. The molecule has 2 heterocycles. The molecule has 2 aliphatic rings. The number of ether oxygens (including phenoxy) is 2. The monoisotopic (exact) mass is 688 g/mol. The highest BCUT2D eigenvalue weighted by Crippen LogP contribution is 2.34. The summed E-state index contributed by atoms with van der Waals surface area (Å²) in [6.45, 7) is 4.96. The van der Waals surface area contributed by atoms with Crippen LogP contribution in [0.1, 0.15) is 61.0 Å². The first-order chi connectivity index (χ1) is 24.0. The first-order valence-electron chi connectivity index (χ1n) is 17.0. The molecule has 4 amide bonds. The number of rotatable bonds is 7. The van der Waals surface area contributed by atoms with Gasteiger partial charge < -0.3 is 35.8 Å². The SMILES string of the molecule is CC(C)[C@@H]1COc2ccccc2C(=O)N[C@H](C(=O)NCC2(c3cccc(F)c3)CCOCC2)CCC(=O)N[C@@H](Cc2ccc(O)cc2)C(=O)N1. The predicted molar refractivity (Wildman–Crippen MR) is 184 cm³/mol. The summed E-state index contributed by atoms with van der Waals surface area (Å²) in [7, 11) is 0. The lowest BCUT2D eigenvalue weighted by molar-refractivity contribution is -0.130. The minimum Gasteiger partial charge on any atom is -0.508 e. The molecule has 5 N–H and O–H groups in total. The summed E-state index contributed by atoms with van der Waals surface area (Å²) in [5, 5.41) is 21.3. The fourth-order valence-electron chi connectivity index (χ4n) is 6.30. The molecule has 3 aromatic rings. The van der Waals surface area contributed by atoms with Crippen LogP contribution in [0.5, 0.6) is 11.5 Å². The van der Waals surface area contributed by atoms with Crippen molar-refractivity contribution < 1.29 is 38.1 Å². The zero-order valence-electron chi connectivity index (χ0n) is 28.4. The van der Waals surface area contributed by atoms with Gasteiger partial charge in [-0.3, -0.25) is 19.2 Å². The number of fused-ring (bicyclic) bond motifs is 1. The molecule has 11 nitrogen and oxygen atoms in total. The Kier molecular flexibility index (Phi) is 12.1. The van der Waals surface area contributed by atoms with Crippen LogP contribution in [0.4, 0.5) is 4.39 Å². The van der Waals surface area contributed by atoms with Crippen molar-refractivity contribution in [3.63, 3.8) is 0 Å². The molecular formula is C38H45FN4O7. The van der Waals surface area contributed by atoms with Gasteiger partial charge in [0.15, 0.2) is 0 Å². The molecule has 0 aliphatic carbocycles. The third kappa shape index (κ3) is 9.38. The number of carbonyl (C=O) groups excluding carboxylic acids is 4. The van der Waals surface area contributed by atoms with Crippen molar-refractivity contribution in [3.05, 3.63) is 95.3 Å². The van der Waals surface area contributed by atoms with Gasteiger partial charge in [0.05, 0.1) is 11.6 Å². The van der Waals surface area contributed by atoms with Crippen LogP contribution in [0.15, 0.2) is 72.8 Å². The Labute approximate surface area is 291 Å². The van der Waals surface area contributed by atoms with E-state index in [2.05, 4.69) is 21.3 Å². The fraction of sp³-hybridized carbons (Fsp3) is 0.421. The van der Waals surface area contributed by atoms with Gasteiger partial charge in [-0.05, 0) is 72.7 Å². The molecule has 0 bridgehead atoms. The minimum atomic E-state index is -1.12. The number of amides is 4. The van der Waals surface area contributed by atoms with Gasteiger partial charge in [-0.15, -0.1) is 0 Å². The van der Waals surface area contributed by atoms with Crippen molar-refractivity contribution in [2.45, 2.75) is 69.5 Å². The molecule has 2 aliphatic heterocycles. The average Bonchev–Trinajstić information content (AvgIpc) is 3.11. The van der Waals surface area contributed by atoms with Crippen LogP contribution in [0.3, 0.4) is 0 Å². The molecule has 5 rings (SSSR count). The average molecular weight is 689 g/mol. The summed E-state index contributed by atoms with van der Waals surface area (Å²) in [4.78, 5) is 54.6. The van der Waals surface area contributed by atoms with Crippen molar-refractivity contribution >= 4 is 23.6 Å². The second-order valence-electron chi connectivity index (χ2n) is 13.3. The fourth-order valence-corrected chi connectivity index (χ4v) is 6.30. The Balaban J connectivity index is 1.41. The molecule has 0 spiro atoms. The number of hydrogen-bond donors (Lipinski definition) is 5. The molecule has 266 valence electrons. The van der Waals surface area contributed by atoms with Crippen LogP contribution in [0, 0.1) is 11.7 Å². The second kappa shape index (κ2) is 16.6. The number of aromatic hydroxyl groups is 1. The topological polar surface area (TPSA) is 155 Å². The molecule has 1 fully saturated rings. The van der Waals surface area contributed by atoms with E-state index in [9.17, 15) is 28.7 Å². The van der Waals surface area contributed by atoms with E-state index in [0.29, 0.717) is 26.1 Å². The summed E-state index contributed by atoms with van der Waals surface area (Å²) in [5.74, 6) is -2.04. The van der Waals surface area contributed by atoms with E-state index in [1.807, 2.05) is 19.9 Å². The van der Waals surface area contributed by atoms with Crippen molar-refractivity contribution in [2.24, 2.45) is 5.92 Å². The smallest absolute Gasteiger partial charge is 0.255 e. The zero-order valence-corrected chi connectivity index (χ0v) is 28.4. The molecule has 3 atom stereocenters. The summed E-state index contributed by atoms with van der Waals surface area (Å²) in [6.07, 6.45) is 1.03. The van der Waals surface area contributed by atoms with Crippen LogP contribution >= 0.6 is 0 Å². The number of halogens is 1. The van der Waals surface area contributed by atoms with Crippen LogP contribution in [0.2, 0.25) is 0 Å². The lowest BCUT2D eigenvalue weighted by atomic mass is 9.74. The van der Waals surface area contributed by atoms with E-state index in [0.717, 1.165) is 11.1 Å². The Morgan fingerprint density at radius 1 is 0.980 bits per heavy atom. The number of phenols is 1. The number of phenolic OH excluding ortho intramolecular Hbond substituents is 1. The van der Waals surface area contributed by atoms with E-state index < -0.39 is 47.2 Å². The third-order valence-electron chi connectivity index (χ3n) is 9.48. The highest BCUT2D eigenvalue weighted by Gasteiger charge is 2.36. The van der Waals surface area contributed by atoms with E-state index in [-0.39, 0.29) is 61.2 Å². The standard InChI is InChI=1S/C38H45FN4O7/c1-24(2)32-22-50-33-9-4-3-8-29(33)35(46)42-30(14-15-34(45)41-31(37(48)43-32)20-25-10-12-28(44)13-11-25)36(47)40-23-38(16-18-49-19-17-38)26-6-5-7-27(39)21-26/h3-13,21,24,30-32,44H,14-20,22-23H2,1-2H3,(H,40,47)(H,41,45)(H,42,46)(H,43,48)/t30-,31-,32-/m0/s1. The van der Waals surface area contributed by atoms with Crippen LogP contribution < -0.4 is 26.0 Å². The van der Waals surface area contributed by atoms with Crippen LogP contribution in [-0.4, -0.2) is 73.2 Å². The van der Waals surface area contributed by atoms with Gasteiger partial charge in [-0.2, -0.15) is 0 Å². The van der Waals surface area contributed by atoms with E-state index in [4.69, 9.17) is 9.47 Å². The molecular weight excluding hydrogens is 643 g/mol. The first kappa shape index (κ1) is 36.3. The summed E-state index contributed by atoms with van der Waals surface area (Å²) in [6, 6.07) is 16.8. The lowest BCUT2D eigenvalue weighted by Crippen LogP contribution is -2.53. The molecule has 3 aromatic carbocycles. The highest BCUT2D eigenvalue weighted by atomic mass is 19.1. The number of carbonyl (C=O) groups is 4. The maximum Gasteiger partial charge on any atom is 0.255 e. The Bertz CT molecular complexity index is 1660. The molecule has 12 heteroatoms. The molecule has 0 saturated carbocycles. The third-order valence-corrected chi connectivity index (χ3v) is 9.48. The van der Waals surface area contributed by atoms with Gasteiger partial charge in [-0.1, -0.05) is 50.2 Å². The number of benzene rings is 3. The van der Waals surface area contributed by atoms with Crippen molar-refractivity contribution in [3.8, 4) is 11.5 Å². The maximum absolute atomic E-state index is 14.3. The lowest BCUT2D eigenvalue weighted by Gasteiger charge is -2.38. The summed E-state index contributed by atoms with van der Waals surface area (Å²) in [5.41, 5.74) is 1.08. The molecule has 50 heavy (non-hydrogen) atoms. The van der Waals surface area contributed by atoms with Crippen molar-refractivity contribution in [1.29, 1.82) is 0 Å². The molecule has 0 radical (unpaired) electrons. The van der Waals surface area contributed by atoms with Gasteiger partial charge in [-0.25, -0.2) is 4.39 Å². The van der Waals surface area contributed by atoms with Crippen LogP contribution in [-0.2, 0) is 31.0 Å². The quantitative estimate of drug-likeness (QED) is 0.255. The first-order valence-corrected chi connectivity index (χ1v) is 17.0. The van der Waals surface area contributed by atoms with E-state index >= 15 is 0 Å². The number of nitrogens with one attached hydrogen (secondary N) is 4. The molecule has 0 unspecified atom stereocenters. The summed E-state index contributed by atoms with van der Waals surface area (Å²) >= 11 is 0. The Morgan fingerprint density at radius 3 is 2.44 bits per heavy atom. The Morgan fingerprint density at radius 2 is 1.72 bits per heavy atom. The van der Waals surface area contributed by atoms with Crippen molar-refractivity contribution in [1.82, 2.24) is 21.3 Å². The number of para-hydroxylation sites is 1. The van der Waals surface area contributed by atoms with E-state index in [1.54, 1.807) is 42.5 Å². The van der Waals surface area contributed by atoms with Crippen molar-refractivity contribution in [2.75, 3.05) is 26.4 Å². The van der Waals surface area contributed by atoms with Gasteiger partial charge in [0.1, 0.15) is 36.0 Å². The zero-order chi connectivity index (χ0) is 35.7. The maximum atomic E-state index is 14.3. The largest absolute Gasteiger partial charge is 0.508 e. The van der Waals surface area contributed by atoms with Gasteiger partial charge in [0.2, 0.25) is 17.7 Å². The molecule has 0 aromatic heterocycles. The predicted octanol–water partition coefficient (Wildman–Crippen LogP) is 3.54. The van der Waals surface area contributed by atoms with Gasteiger partial charge in [0.25, 0.3) is 5.91 Å². The normalized spacial score (nSPS) is 21.7. The summed E-state index contributed by atoms with van der Waals surface area (Å²) < 4.78 is 26.0. The van der Waals surface area contributed by atoms with Crippen LogP contribution in [0.25, 0.3) is 0 Å². The minimum absolute atomic E-state index is 0.0450.